The Kier molecular flexibility index (Phi) is 4.64. The van der Waals surface area contributed by atoms with Gasteiger partial charge >= 0.3 is 5.97 Å². The molecule has 0 saturated heterocycles. The Morgan fingerprint density at radius 3 is 2.45 bits per heavy atom. The van der Waals surface area contributed by atoms with Crippen LogP contribution in [0.2, 0.25) is 0 Å². The normalized spacial score (nSPS) is 12.5. The molecule has 6 heteroatoms. The molecule has 0 rings (SSSR count). The van der Waals surface area contributed by atoms with Crippen LogP contribution in [0.25, 0.3) is 0 Å². The van der Waals surface area contributed by atoms with Gasteiger partial charge in [-0.1, -0.05) is 0 Å². The van der Waals surface area contributed by atoms with Crippen LogP contribution >= 0.6 is 11.8 Å². The summed E-state index contributed by atoms with van der Waals surface area (Å²) >= 11 is 1.12. The summed E-state index contributed by atoms with van der Waals surface area (Å²) in [5.41, 5.74) is 9.94. The van der Waals surface area contributed by atoms with Crippen LogP contribution in [0.4, 0.5) is 0 Å². The fraction of sp³-hybridized carbons (Fsp3) is 0.600. The molecular weight excluding hydrogens is 168 g/mol. The minimum absolute atomic E-state index is 0.112. The van der Waals surface area contributed by atoms with E-state index in [9.17, 15) is 9.59 Å². The van der Waals surface area contributed by atoms with Crippen LogP contribution in [0.1, 0.15) is 0 Å². The van der Waals surface area contributed by atoms with Crippen molar-refractivity contribution in [1.29, 1.82) is 0 Å². The lowest BCUT2D eigenvalue weighted by Crippen LogP contribution is -2.33. The second-order valence-corrected chi connectivity index (χ2v) is 2.96. The number of rotatable bonds is 5. The maximum absolute atomic E-state index is 10.2. The molecule has 5 nitrogen and oxygen atoms in total. The third kappa shape index (κ3) is 5.68. The molecule has 0 aliphatic heterocycles. The minimum Gasteiger partial charge on any atom is -0.480 e. The third-order valence-corrected chi connectivity index (χ3v) is 1.94. The second-order valence-electron chi connectivity index (χ2n) is 1.93. The summed E-state index contributed by atoms with van der Waals surface area (Å²) in [5.74, 6) is -1.21. The highest BCUT2D eigenvalue weighted by atomic mass is 32.2. The summed E-state index contributed by atoms with van der Waals surface area (Å²) in [5, 5.41) is 8.29. The Morgan fingerprint density at radius 2 is 2.09 bits per heavy atom. The molecule has 0 fully saturated rings. The quantitative estimate of drug-likeness (QED) is 0.481. The first-order valence-corrected chi connectivity index (χ1v) is 4.04. The van der Waals surface area contributed by atoms with E-state index >= 15 is 0 Å². The molecule has 0 aromatic carbocycles. The average Bonchev–Trinajstić information content (AvgIpc) is 1.86. The molecule has 1 amide bonds. The number of carboxylic acid groups (broad SMARTS) is 1. The highest BCUT2D eigenvalue weighted by Crippen LogP contribution is 2.00. The predicted molar refractivity (Wildman–Crippen MR) is 42.1 cm³/mol. The summed E-state index contributed by atoms with van der Waals surface area (Å²) in [6.45, 7) is 0. The number of hydrogen-bond acceptors (Lipinski definition) is 4. The van der Waals surface area contributed by atoms with Gasteiger partial charge in [0.1, 0.15) is 6.04 Å². The van der Waals surface area contributed by atoms with E-state index in [1.165, 1.54) is 0 Å². The van der Waals surface area contributed by atoms with Crippen LogP contribution in [-0.2, 0) is 9.59 Å². The van der Waals surface area contributed by atoms with E-state index < -0.39 is 17.9 Å². The zero-order chi connectivity index (χ0) is 8.85. The maximum atomic E-state index is 10.2. The molecule has 5 N–H and O–H groups in total. The Bertz CT molecular complexity index is 162. The van der Waals surface area contributed by atoms with Gasteiger partial charge in [0.15, 0.2) is 0 Å². The van der Waals surface area contributed by atoms with Gasteiger partial charge in [0.05, 0.1) is 5.75 Å². The van der Waals surface area contributed by atoms with E-state index in [1.54, 1.807) is 0 Å². The maximum Gasteiger partial charge on any atom is 0.321 e. The summed E-state index contributed by atoms with van der Waals surface area (Å²) in [7, 11) is 0. The van der Waals surface area contributed by atoms with Gasteiger partial charge < -0.3 is 16.6 Å². The van der Waals surface area contributed by atoms with Gasteiger partial charge in [-0.05, 0) is 0 Å². The minimum atomic E-state index is -1.07. The van der Waals surface area contributed by atoms with Crippen molar-refractivity contribution in [2.75, 3.05) is 11.5 Å². The molecule has 0 aromatic heterocycles. The van der Waals surface area contributed by atoms with Gasteiger partial charge in [-0.15, -0.1) is 11.8 Å². The lowest BCUT2D eigenvalue weighted by molar-refractivity contribution is -0.137. The molecule has 11 heavy (non-hydrogen) atoms. The Balaban J connectivity index is 3.39. The highest BCUT2D eigenvalue weighted by molar-refractivity contribution is 8.00. The van der Waals surface area contributed by atoms with E-state index in [0.717, 1.165) is 11.8 Å². The largest absolute Gasteiger partial charge is 0.480 e. The topological polar surface area (TPSA) is 106 Å². The molecule has 1 atom stereocenters. The number of carbonyl (C=O) groups excluding carboxylic acids is 1. The van der Waals surface area contributed by atoms with E-state index in [0.29, 0.717) is 0 Å². The van der Waals surface area contributed by atoms with Crippen molar-refractivity contribution in [3.63, 3.8) is 0 Å². The number of nitrogens with two attached hydrogens (primary N) is 2. The standard InChI is InChI=1S/C5H10N2O3S/c6-3(5(9)10)1-11-2-4(7)8/h3H,1-2,6H2,(H2,7,8)(H,9,10)/t3-/m0/s1. The van der Waals surface area contributed by atoms with Gasteiger partial charge in [-0.3, -0.25) is 9.59 Å². The van der Waals surface area contributed by atoms with Crippen molar-refractivity contribution < 1.29 is 14.7 Å². The monoisotopic (exact) mass is 178 g/mol. The molecule has 0 aliphatic rings. The van der Waals surface area contributed by atoms with Gasteiger partial charge in [-0.2, -0.15) is 0 Å². The average molecular weight is 178 g/mol. The van der Waals surface area contributed by atoms with Gasteiger partial charge in [0, 0.05) is 5.75 Å². The van der Waals surface area contributed by atoms with Gasteiger partial charge in [-0.25, -0.2) is 0 Å². The number of primary amides is 1. The van der Waals surface area contributed by atoms with Crippen molar-refractivity contribution in [3.8, 4) is 0 Å². The van der Waals surface area contributed by atoms with Crippen LogP contribution in [0.5, 0.6) is 0 Å². The van der Waals surface area contributed by atoms with Gasteiger partial charge in [0.2, 0.25) is 5.91 Å². The van der Waals surface area contributed by atoms with Crippen LogP contribution in [-0.4, -0.2) is 34.5 Å². The summed E-state index contributed by atoms with van der Waals surface area (Å²) in [6, 6.07) is -0.917. The predicted octanol–water partition coefficient (Wildman–Crippen LogP) is -1.38. The Morgan fingerprint density at radius 1 is 1.55 bits per heavy atom. The molecule has 0 heterocycles. The van der Waals surface area contributed by atoms with E-state index in [1.807, 2.05) is 0 Å². The molecule has 0 saturated carbocycles. The highest BCUT2D eigenvalue weighted by Gasteiger charge is 2.10. The van der Waals surface area contributed by atoms with E-state index in [2.05, 4.69) is 0 Å². The second kappa shape index (κ2) is 4.97. The number of thioether (sulfide) groups is 1. The third-order valence-electron chi connectivity index (χ3n) is 0.859. The molecule has 0 aromatic rings. The Hall–Kier alpha value is -0.750. The van der Waals surface area contributed by atoms with Crippen molar-refractivity contribution in [2.24, 2.45) is 11.5 Å². The lowest BCUT2D eigenvalue weighted by Gasteiger charge is -2.03. The number of hydrogen-bond donors (Lipinski definition) is 3. The van der Waals surface area contributed by atoms with Crippen molar-refractivity contribution in [2.45, 2.75) is 6.04 Å². The van der Waals surface area contributed by atoms with Crippen molar-refractivity contribution >= 4 is 23.6 Å². The zero-order valence-electron chi connectivity index (χ0n) is 5.82. The Labute approximate surface area is 68.1 Å². The van der Waals surface area contributed by atoms with Gasteiger partial charge in [0.25, 0.3) is 0 Å². The first-order valence-electron chi connectivity index (χ1n) is 2.88. The van der Waals surface area contributed by atoms with Crippen LogP contribution in [0, 0.1) is 0 Å². The first-order chi connectivity index (χ1) is 5.04. The molecule has 0 spiro atoms. The molecular formula is C5H10N2O3S. The fourth-order valence-corrected chi connectivity index (χ4v) is 1.07. The molecule has 0 bridgehead atoms. The van der Waals surface area contributed by atoms with Crippen LogP contribution in [0.15, 0.2) is 0 Å². The molecule has 0 radical (unpaired) electrons. The smallest absolute Gasteiger partial charge is 0.321 e. The summed E-state index contributed by atoms with van der Waals surface area (Å²) < 4.78 is 0. The molecule has 0 aliphatic carbocycles. The fourth-order valence-electron chi connectivity index (χ4n) is 0.358. The number of carbonyl (C=O) groups is 2. The summed E-state index contributed by atoms with van der Waals surface area (Å²) in [4.78, 5) is 20.3. The summed E-state index contributed by atoms with van der Waals surface area (Å²) in [6.07, 6.45) is 0. The number of aliphatic carboxylic acids is 1. The molecule has 0 unspecified atom stereocenters. The van der Waals surface area contributed by atoms with E-state index in [-0.39, 0.29) is 11.5 Å². The SMILES string of the molecule is NC(=O)CSC[C@H](N)C(=O)O. The van der Waals surface area contributed by atoms with Crippen molar-refractivity contribution in [3.05, 3.63) is 0 Å². The van der Waals surface area contributed by atoms with Crippen molar-refractivity contribution in [1.82, 2.24) is 0 Å². The number of amides is 1. The molecule has 64 valence electrons. The number of carboxylic acids is 1. The zero-order valence-corrected chi connectivity index (χ0v) is 6.63. The van der Waals surface area contributed by atoms with Crippen LogP contribution in [0.3, 0.4) is 0 Å². The first kappa shape index (κ1) is 10.2. The van der Waals surface area contributed by atoms with E-state index in [4.69, 9.17) is 16.6 Å². The lowest BCUT2D eigenvalue weighted by atomic mass is 10.4. The van der Waals surface area contributed by atoms with Crippen LogP contribution < -0.4 is 11.5 Å².